The maximum Gasteiger partial charge on any atom is 0.123 e. The van der Waals surface area contributed by atoms with E-state index in [2.05, 4.69) is 27.6 Å². The predicted octanol–water partition coefficient (Wildman–Crippen LogP) is 4.21. The molecule has 0 amide bonds. The molecule has 28 heavy (non-hydrogen) atoms. The summed E-state index contributed by atoms with van der Waals surface area (Å²) in [7, 11) is 0. The molecule has 1 aromatic carbocycles. The van der Waals surface area contributed by atoms with Gasteiger partial charge in [-0.1, -0.05) is 12.1 Å². The van der Waals surface area contributed by atoms with E-state index in [1.54, 1.807) is 6.07 Å². The van der Waals surface area contributed by atoms with Crippen molar-refractivity contribution in [2.75, 3.05) is 19.7 Å². The number of halogens is 1. The van der Waals surface area contributed by atoms with Crippen LogP contribution in [0.15, 0.2) is 36.7 Å². The van der Waals surface area contributed by atoms with Crippen LogP contribution in [0.2, 0.25) is 0 Å². The second kappa shape index (κ2) is 7.60. The van der Waals surface area contributed by atoms with Gasteiger partial charge in [0.1, 0.15) is 11.6 Å². The van der Waals surface area contributed by atoms with Gasteiger partial charge in [-0.05, 0) is 68.1 Å². The van der Waals surface area contributed by atoms with E-state index in [0.29, 0.717) is 17.9 Å². The van der Waals surface area contributed by atoms with Gasteiger partial charge in [-0.15, -0.1) is 0 Å². The first-order valence-corrected chi connectivity index (χ1v) is 10.7. The number of aryl methyl sites for hydroxylation is 1. The number of rotatable bonds is 6. The lowest BCUT2D eigenvalue weighted by Gasteiger charge is -2.39. The molecule has 0 unspecified atom stereocenters. The molecule has 2 saturated carbocycles. The van der Waals surface area contributed by atoms with Crippen LogP contribution in [0.5, 0.6) is 0 Å². The highest BCUT2D eigenvalue weighted by Gasteiger charge is 2.43. The van der Waals surface area contributed by atoms with E-state index in [4.69, 9.17) is 4.74 Å². The Bertz CT molecular complexity index is 818. The van der Waals surface area contributed by atoms with Gasteiger partial charge in [0.25, 0.3) is 0 Å². The van der Waals surface area contributed by atoms with Gasteiger partial charge in [0, 0.05) is 38.6 Å². The van der Waals surface area contributed by atoms with E-state index in [-0.39, 0.29) is 11.9 Å². The molecule has 3 aliphatic rings. The highest BCUT2D eigenvalue weighted by atomic mass is 19.1. The van der Waals surface area contributed by atoms with E-state index in [1.165, 1.54) is 18.9 Å². The van der Waals surface area contributed by atoms with Gasteiger partial charge >= 0.3 is 0 Å². The smallest absolute Gasteiger partial charge is 0.123 e. The van der Waals surface area contributed by atoms with Crippen molar-refractivity contribution < 1.29 is 9.13 Å². The number of ether oxygens (including phenoxy) is 1. The summed E-state index contributed by atoms with van der Waals surface area (Å²) in [4.78, 5) is 6.97. The lowest BCUT2D eigenvalue weighted by molar-refractivity contribution is -0.0343. The molecule has 0 bridgehead atoms. The molecule has 5 rings (SSSR count). The Balaban J connectivity index is 1.29. The van der Waals surface area contributed by atoms with E-state index in [9.17, 15) is 4.39 Å². The van der Waals surface area contributed by atoms with Crippen LogP contribution >= 0.6 is 0 Å². The minimum absolute atomic E-state index is 0.140. The number of nitrogens with zero attached hydrogens (tertiary/aromatic N) is 3. The molecule has 1 saturated heterocycles. The fourth-order valence-corrected chi connectivity index (χ4v) is 5.26. The third kappa shape index (κ3) is 3.87. The Labute approximate surface area is 166 Å². The topological polar surface area (TPSA) is 30.3 Å². The first kappa shape index (κ1) is 18.3. The average molecular weight is 384 g/mol. The minimum Gasteiger partial charge on any atom is -0.376 e. The Morgan fingerprint density at radius 2 is 2.00 bits per heavy atom. The van der Waals surface area contributed by atoms with E-state index in [0.717, 1.165) is 56.4 Å². The molecule has 0 radical (unpaired) electrons. The standard InChI is InChI=1S/C23H30FN3O/c1-16-25-7-8-27(16)22-10-19-13-26(12-18-3-2-4-21(24)9-18)14-20(19)11-23(22)28-15-17-5-6-17/h2-4,7-9,17,19-20,22-23H,5-6,10-15H2,1H3/t19-,20+,22-,23-/m0/s1. The molecule has 5 heteroatoms. The SMILES string of the molecule is Cc1nccn1[C@H]1C[C@H]2CN(Cc3cccc(F)c3)C[C@H]2C[C@@H]1OCC1CC1. The minimum atomic E-state index is -0.140. The van der Waals surface area contributed by atoms with Crippen LogP contribution in [-0.4, -0.2) is 40.3 Å². The quantitative estimate of drug-likeness (QED) is 0.749. The fraction of sp³-hybridized carbons (Fsp3) is 0.609. The Morgan fingerprint density at radius 3 is 2.71 bits per heavy atom. The van der Waals surface area contributed by atoms with Crippen LogP contribution in [0.25, 0.3) is 0 Å². The van der Waals surface area contributed by atoms with Crippen LogP contribution < -0.4 is 0 Å². The first-order chi connectivity index (χ1) is 13.7. The van der Waals surface area contributed by atoms with Crippen LogP contribution in [0.4, 0.5) is 4.39 Å². The number of fused-ring (bicyclic) bond motifs is 1. The number of likely N-dealkylation sites (tertiary alicyclic amines) is 1. The number of imidazole rings is 1. The summed E-state index contributed by atoms with van der Waals surface area (Å²) in [6.45, 7) is 6.04. The molecule has 0 spiro atoms. The van der Waals surface area contributed by atoms with Gasteiger partial charge in [-0.25, -0.2) is 9.37 Å². The first-order valence-electron chi connectivity index (χ1n) is 10.7. The molecule has 150 valence electrons. The van der Waals surface area contributed by atoms with Crippen molar-refractivity contribution in [1.82, 2.24) is 14.5 Å². The summed E-state index contributed by atoms with van der Waals surface area (Å²) in [5, 5.41) is 0. The van der Waals surface area contributed by atoms with Gasteiger partial charge in [0.2, 0.25) is 0 Å². The largest absolute Gasteiger partial charge is 0.376 e. The van der Waals surface area contributed by atoms with Crippen molar-refractivity contribution in [2.45, 2.75) is 51.3 Å². The van der Waals surface area contributed by atoms with Crippen molar-refractivity contribution in [3.8, 4) is 0 Å². The monoisotopic (exact) mass is 383 g/mol. The molecule has 4 atom stereocenters. The average Bonchev–Trinajstić information content (AvgIpc) is 3.28. The molecular formula is C23H30FN3O. The summed E-state index contributed by atoms with van der Waals surface area (Å²) in [5.41, 5.74) is 1.07. The van der Waals surface area contributed by atoms with Crippen molar-refractivity contribution in [3.05, 3.63) is 53.9 Å². The van der Waals surface area contributed by atoms with Crippen LogP contribution in [-0.2, 0) is 11.3 Å². The zero-order valence-electron chi connectivity index (χ0n) is 16.6. The second-order valence-corrected chi connectivity index (χ2v) is 9.08. The third-order valence-corrected chi connectivity index (χ3v) is 6.92. The zero-order chi connectivity index (χ0) is 19.1. The molecule has 1 aromatic heterocycles. The summed E-state index contributed by atoms with van der Waals surface area (Å²) in [6.07, 6.45) is 9.24. The molecular weight excluding hydrogens is 353 g/mol. The van der Waals surface area contributed by atoms with E-state index in [1.807, 2.05) is 18.3 Å². The van der Waals surface area contributed by atoms with E-state index < -0.39 is 0 Å². The fourth-order valence-electron chi connectivity index (χ4n) is 5.26. The van der Waals surface area contributed by atoms with Gasteiger partial charge < -0.3 is 9.30 Å². The van der Waals surface area contributed by atoms with Gasteiger partial charge in [-0.2, -0.15) is 0 Å². The van der Waals surface area contributed by atoms with Gasteiger partial charge in [0.05, 0.1) is 12.1 Å². The predicted molar refractivity (Wildman–Crippen MR) is 106 cm³/mol. The summed E-state index contributed by atoms with van der Waals surface area (Å²) < 4.78 is 22.3. The molecule has 2 aromatic rings. The summed E-state index contributed by atoms with van der Waals surface area (Å²) >= 11 is 0. The maximum absolute atomic E-state index is 13.5. The molecule has 3 fully saturated rings. The van der Waals surface area contributed by atoms with Gasteiger partial charge in [0.15, 0.2) is 0 Å². The lowest BCUT2D eigenvalue weighted by Crippen LogP contribution is -2.38. The van der Waals surface area contributed by atoms with Crippen molar-refractivity contribution in [1.29, 1.82) is 0 Å². The Morgan fingerprint density at radius 1 is 1.18 bits per heavy atom. The lowest BCUT2D eigenvalue weighted by atomic mass is 9.77. The Hall–Kier alpha value is -1.72. The van der Waals surface area contributed by atoms with Gasteiger partial charge in [-0.3, -0.25) is 4.90 Å². The van der Waals surface area contributed by atoms with Crippen LogP contribution in [0, 0.1) is 30.5 Å². The highest BCUT2D eigenvalue weighted by molar-refractivity contribution is 5.16. The van der Waals surface area contributed by atoms with E-state index >= 15 is 0 Å². The second-order valence-electron chi connectivity index (χ2n) is 9.08. The molecule has 2 heterocycles. The number of hydrogen-bond acceptors (Lipinski definition) is 3. The molecule has 2 aliphatic carbocycles. The van der Waals surface area contributed by atoms with Crippen LogP contribution in [0.1, 0.15) is 43.1 Å². The summed E-state index contributed by atoms with van der Waals surface area (Å²) in [6, 6.07) is 7.42. The maximum atomic E-state index is 13.5. The zero-order valence-corrected chi connectivity index (χ0v) is 16.6. The number of benzene rings is 1. The third-order valence-electron chi connectivity index (χ3n) is 6.92. The number of aromatic nitrogens is 2. The normalized spacial score (nSPS) is 30.5. The molecule has 0 N–H and O–H groups in total. The Kier molecular flexibility index (Phi) is 4.97. The molecule has 4 nitrogen and oxygen atoms in total. The highest BCUT2D eigenvalue weighted by Crippen LogP contribution is 2.44. The van der Waals surface area contributed by atoms with Crippen LogP contribution in [0.3, 0.4) is 0 Å². The van der Waals surface area contributed by atoms with Crippen molar-refractivity contribution >= 4 is 0 Å². The van der Waals surface area contributed by atoms with Crippen molar-refractivity contribution in [2.24, 2.45) is 17.8 Å². The number of hydrogen-bond donors (Lipinski definition) is 0. The summed E-state index contributed by atoms with van der Waals surface area (Å²) in [5.74, 6) is 3.09. The molecule has 1 aliphatic heterocycles. The van der Waals surface area contributed by atoms with Crippen molar-refractivity contribution in [3.63, 3.8) is 0 Å².